The van der Waals surface area contributed by atoms with Crippen LogP contribution in [0.5, 0.6) is 0 Å². The third kappa shape index (κ3) is 1.58. The molecule has 1 amide bonds. The molecule has 0 spiro atoms. The summed E-state index contributed by atoms with van der Waals surface area (Å²) in [5, 5.41) is 10.5. The average Bonchev–Trinajstić information content (AvgIpc) is 1.85. The van der Waals surface area contributed by atoms with Gasteiger partial charge >= 0.3 is 5.97 Å². The number of nitrogens with zero attached hydrogens (tertiary/aromatic N) is 1. The maximum Gasteiger partial charge on any atom is 0.321 e. The Hall–Kier alpha value is -1.30. The molecule has 0 aliphatic carbocycles. The number of thiocarbonyl (C=S) groups is 1. The molecule has 1 atom stereocenters. The third-order valence-electron chi connectivity index (χ3n) is 1.12. The van der Waals surface area contributed by atoms with E-state index in [9.17, 15) is 9.59 Å². The fourth-order valence-electron chi connectivity index (χ4n) is 0.601. The van der Waals surface area contributed by atoms with Crippen molar-refractivity contribution in [2.45, 2.75) is 0 Å². The zero-order valence-electron chi connectivity index (χ0n) is 5.27. The summed E-state index contributed by atoms with van der Waals surface area (Å²) < 4.78 is 0. The molecule has 1 heterocycles. The van der Waals surface area contributed by atoms with Gasteiger partial charge in [0.05, 0.1) is 0 Å². The topological polar surface area (TPSA) is 78.8 Å². The Balaban J connectivity index is 2.85. The van der Waals surface area contributed by atoms with Gasteiger partial charge in [-0.25, -0.2) is 4.99 Å². The van der Waals surface area contributed by atoms with Crippen LogP contribution in [0.3, 0.4) is 0 Å². The Bertz CT molecular complexity index is 260. The van der Waals surface area contributed by atoms with E-state index in [1.54, 1.807) is 0 Å². The van der Waals surface area contributed by atoms with Crippen molar-refractivity contribution in [1.29, 1.82) is 0 Å². The summed E-state index contributed by atoms with van der Waals surface area (Å²) in [6.07, 6.45) is 1.02. The average molecular weight is 172 g/mol. The summed E-state index contributed by atoms with van der Waals surface area (Å²) in [7, 11) is 0. The van der Waals surface area contributed by atoms with Gasteiger partial charge in [0.2, 0.25) is 5.91 Å². The van der Waals surface area contributed by atoms with Crippen LogP contribution in [0.2, 0.25) is 0 Å². The molecule has 0 aromatic carbocycles. The van der Waals surface area contributed by atoms with Gasteiger partial charge in [-0.15, -0.1) is 0 Å². The highest BCUT2D eigenvalue weighted by molar-refractivity contribution is 7.80. The first-order chi connectivity index (χ1) is 5.11. The zero-order valence-corrected chi connectivity index (χ0v) is 6.09. The van der Waals surface area contributed by atoms with E-state index in [1.807, 2.05) is 0 Å². The van der Waals surface area contributed by atoms with Gasteiger partial charge in [-0.2, -0.15) is 0 Å². The summed E-state index contributed by atoms with van der Waals surface area (Å²) in [4.78, 5) is 24.5. The highest BCUT2D eigenvalue weighted by Crippen LogP contribution is 1.98. The molecule has 0 aromatic rings. The molecule has 5 nitrogen and oxygen atoms in total. The molecular weight excluding hydrogens is 168 g/mol. The lowest BCUT2D eigenvalue weighted by Gasteiger charge is -2.11. The number of carboxylic acid groups (broad SMARTS) is 1. The summed E-state index contributed by atoms with van der Waals surface area (Å²) >= 11 is 4.50. The number of amides is 1. The van der Waals surface area contributed by atoms with E-state index >= 15 is 0 Å². The predicted molar refractivity (Wildman–Crippen MR) is 40.4 cm³/mol. The molecule has 0 saturated heterocycles. The van der Waals surface area contributed by atoms with Crippen molar-refractivity contribution >= 4 is 35.4 Å². The maximum absolute atomic E-state index is 10.8. The van der Waals surface area contributed by atoms with Crippen LogP contribution in [0.4, 0.5) is 0 Å². The van der Waals surface area contributed by atoms with Crippen molar-refractivity contribution in [2.24, 2.45) is 10.9 Å². The monoisotopic (exact) mass is 172 g/mol. The second kappa shape index (κ2) is 2.75. The molecule has 0 unspecified atom stereocenters. The van der Waals surface area contributed by atoms with Crippen LogP contribution in [0, 0.1) is 5.92 Å². The highest BCUT2D eigenvalue weighted by Gasteiger charge is 2.27. The van der Waals surface area contributed by atoms with E-state index in [4.69, 9.17) is 5.11 Å². The molecule has 0 aromatic heterocycles. The number of aliphatic imine (C=N–C) groups is 1. The fourth-order valence-corrected chi connectivity index (χ4v) is 0.763. The van der Waals surface area contributed by atoms with E-state index < -0.39 is 17.8 Å². The summed E-state index contributed by atoms with van der Waals surface area (Å²) in [6, 6.07) is 0. The Labute approximate surface area is 67.1 Å². The molecule has 2 N–H and O–H groups in total. The summed E-state index contributed by atoms with van der Waals surface area (Å²) in [5.74, 6) is -3.08. The minimum absolute atomic E-state index is 0.00694. The number of hydrogen-bond acceptors (Lipinski definition) is 3. The second-order valence-corrected chi connectivity index (χ2v) is 2.28. The number of nitrogens with one attached hydrogen (secondary N) is 1. The second-order valence-electron chi connectivity index (χ2n) is 1.89. The van der Waals surface area contributed by atoms with Gasteiger partial charge in [0.1, 0.15) is 0 Å². The van der Waals surface area contributed by atoms with Gasteiger partial charge in [0.25, 0.3) is 0 Å². The number of aliphatic carboxylic acids is 1. The normalized spacial score (nSPS) is 23.1. The van der Waals surface area contributed by atoms with E-state index in [2.05, 4.69) is 22.5 Å². The maximum atomic E-state index is 10.8. The van der Waals surface area contributed by atoms with Crippen LogP contribution in [-0.4, -0.2) is 28.3 Å². The van der Waals surface area contributed by atoms with Gasteiger partial charge in [0.15, 0.2) is 11.0 Å². The zero-order chi connectivity index (χ0) is 8.43. The van der Waals surface area contributed by atoms with E-state index in [0.717, 1.165) is 6.21 Å². The molecule has 1 aliphatic rings. The number of carbonyl (C=O) groups is 2. The lowest BCUT2D eigenvalue weighted by Crippen LogP contribution is -2.42. The minimum atomic E-state index is -1.23. The van der Waals surface area contributed by atoms with Crippen LogP contribution >= 0.6 is 12.2 Å². The Morgan fingerprint density at radius 3 is 2.91 bits per heavy atom. The Morgan fingerprint density at radius 1 is 1.82 bits per heavy atom. The third-order valence-corrected chi connectivity index (χ3v) is 1.33. The van der Waals surface area contributed by atoms with Crippen LogP contribution in [-0.2, 0) is 9.59 Å². The van der Waals surface area contributed by atoms with Crippen molar-refractivity contribution in [1.82, 2.24) is 5.32 Å². The van der Waals surface area contributed by atoms with Gasteiger partial charge in [0, 0.05) is 6.21 Å². The van der Waals surface area contributed by atoms with Gasteiger partial charge in [-0.05, 0) is 12.2 Å². The summed E-state index contributed by atoms with van der Waals surface area (Å²) in [6.45, 7) is 0. The minimum Gasteiger partial charge on any atom is -0.480 e. The van der Waals surface area contributed by atoms with E-state index in [1.165, 1.54) is 0 Å². The molecule has 0 radical (unpaired) electrons. The molecule has 0 bridgehead atoms. The standard InChI is InChI=1S/C5H4N2O3S/c8-3-2(4(9)10)1-6-5(11)7-3/h1-2H,(H,9,10)(H,7,8,11)/t2-/m0/s1. The van der Waals surface area contributed by atoms with Gasteiger partial charge in [-0.1, -0.05) is 0 Å². The van der Waals surface area contributed by atoms with Crippen LogP contribution in [0.25, 0.3) is 0 Å². The van der Waals surface area contributed by atoms with E-state index in [-0.39, 0.29) is 5.11 Å². The lowest BCUT2D eigenvalue weighted by atomic mass is 10.1. The van der Waals surface area contributed by atoms with Crippen molar-refractivity contribution in [3.05, 3.63) is 0 Å². The number of rotatable bonds is 1. The Morgan fingerprint density at radius 2 is 2.45 bits per heavy atom. The highest BCUT2D eigenvalue weighted by atomic mass is 32.1. The molecule has 1 rings (SSSR count). The Kier molecular flexibility index (Phi) is 1.95. The summed E-state index contributed by atoms with van der Waals surface area (Å²) in [5.41, 5.74) is 0. The lowest BCUT2D eigenvalue weighted by molar-refractivity contribution is -0.143. The quantitative estimate of drug-likeness (QED) is 0.400. The molecule has 6 heteroatoms. The first-order valence-corrected chi connectivity index (χ1v) is 3.14. The first kappa shape index (κ1) is 7.80. The van der Waals surface area contributed by atoms with Gasteiger partial charge in [-0.3, -0.25) is 9.59 Å². The molecular formula is C5H4N2O3S. The molecule has 58 valence electrons. The van der Waals surface area contributed by atoms with Crippen molar-refractivity contribution in [2.75, 3.05) is 0 Å². The first-order valence-electron chi connectivity index (χ1n) is 2.73. The number of carbonyl (C=O) groups excluding carboxylic acids is 1. The van der Waals surface area contributed by atoms with Crippen molar-refractivity contribution < 1.29 is 14.7 Å². The molecule has 1 aliphatic heterocycles. The molecule has 0 fully saturated rings. The van der Waals surface area contributed by atoms with E-state index in [0.29, 0.717) is 0 Å². The predicted octanol–water partition coefficient (Wildman–Crippen LogP) is -0.827. The van der Waals surface area contributed by atoms with Crippen LogP contribution < -0.4 is 5.32 Å². The van der Waals surface area contributed by atoms with Crippen molar-refractivity contribution in [3.63, 3.8) is 0 Å². The van der Waals surface area contributed by atoms with Crippen LogP contribution in [0.15, 0.2) is 4.99 Å². The smallest absolute Gasteiger partial charge is 0.321 e. The number of carboxylic acids is 1. The largest absolute Gasteiger partial charge is 0.480 e. The van der Waals surface area contributed by atoms with Crippen LogP contribution in [0.1, 0.15) is 0 Å². The van der Waals surface area contributed by atoms with Gasteiger partial charge < -0.3 is 10.4 Å². The molecule has 0 saturated carbocycles. The van der Waals surface area contributed by atoms with Crippen molar-refractivity contribution in [3.8, 4) is 0 Å². The SMILES string of the molecule is O=C(O)[C@H]1C=NC(=S)NC1=O. The fraction of sp³-hybridized carbons (Fsp3) is 0.200. The molecule has 11 heavy (non-hydrogen) atoms. The number of hydrogen-bond donors (Lipinski definition) is 2.